The van der Waals surface area contributed by atoms with Gasteiger partial charge in [-0.1, -0.05) is 60.7 Å². The normalized spacial score (nSPS) is 9.82. The maximum absolute atomic E-state index is 4.41. The number of nitrogens with zero attached hydrogens (tertiary/aromatic N) is 2. The molecule has 4 heteroatoms. The Kier molecular flexibility index (Phi) is 4.42. The molecular weight excluding hydrogens is 272 g/mol. The average Bonchev–Trinajstić information content (AvgIpc) is 3.31. The lowest BCUT2D eigenvalue weighted by molar-refractivity contribution is 1.31. The standard InChI is InChI=1S/C15H12N2.C3H4N2/c1-3-7-12(8-4-1)14-15(17-11-16-14)13-9-5-2-6-10-13;1-2-5-3-4-1/h1-11H,(H,16,17);1-3H,(H,4,5). The van der Waals surface area contributed by atoms with Crippen molar-refractivity contribution < 1.29 is 0 Å². The number of hydrogen-bond donors (Lipinski definition) is 2. The Bertz CT molecular complexity index is 703. The lowest BCUT2D eigenvalue weighted by Crippen LogP contribution is -1.82. The molecule has 2 aromatic heterocycles. The molecule has 0 saturated heterocycles. The van der Waals surface area contributed by atoms with Crippen molar-refractivity contribution in [3.05, 3.63) is 85.7 Å². The molecule has 22 heavy (non-hydrogen) atoms. The van der Waals surface area contributed by atoms with E-state index in [2.05, 4.69) is 44.2 Å². The highest BCUT2D eigenvalue weighted by molar-refractivity contribution is 5.77. The van der Waals surface area contributed by atoms with E-state index in [1.165, 1.54) is 0 Å². The van der Waals surface area contributed by atoms with E-state index in [1.54, 1.807) is 25.0 Å². The molecule has 0 saturated carbocycles. The first-order chi connectivity index (χ1) is 10.9. The van der Waals surface area contributed by atoms with E-state index in [1.807, 2.05) is 36.4 Å². The van der Waals surface area contributed by atoms with Crippen LogP contribution in [0.2, 0.25) is 0 Å². The molecule has 2 heterocycles. The fourth-order valence-electron chi connectivity index (χ4n) is 2.15. The second-order valence-corrected chi connectivity index (χ2v) is 4.62. The number of aromatic amines is 2. The number of rotatable bonds is 2. The Balaban J connectivity index is 0.000000246. The lowest BCUT2D eigenvalue weighted by atomic mass is 10.1. The van der Waals surface area contributed by atoms with E-state index in [0.29, 0.717) is 0 Å². The number of benzene rings is 2. The van der Waals surface area contributed by atoms with Crippen molar-refractivity contribution in [2.75, 3.05) is 0 Å². The summed E-state index contributed by atoms with van der Waals surface area (Å²) in [7, 11) is 0. The summed E-state index contributed by atoms with van der Waals surface area (Å²) in [6.07, 6.45) is 6.82. The van der Waals surface area contributed by atoms with Gasteiger partial charge < -0.3 is 9.97 Å². The van der Waals surface area contributed by atoms with Crippen molar-refractivity contribution in [3.8, 4) is 22.5 Å². The molecule has 0 unspecified atom stereocenters. The molecule has 2 N–H and O–H groups in total. The molecule has 4 aromatic rings. The maximum Gasteiger partial charge on any atom is 0.0960 e. The van der Waals surface area contributed by atoms with Crippen LogP contribution in [0.25, 0.3) is 22.5 Å². The maximum atomic E-state index is 4.41. The van der Waals surface area contributed by atoms with Gasteiger partial charge in [-0.05, 0) is 0 Å². The zero-order valence-corrected chi connectivity index (χ0v) is 12.0. The summed E-state index contributed by atoms with van der Waals surface area (Å²) in [6.45, 7) is 0. The minimum absolute atomic E-state index is 0.997. The van der Waals surface area contributed by atoms with Gasteiger partial charge in [0.15, 0.2) is 0 Å². The summed E-state index contributed by atoms with van der Waals surface area (Å²) in [4.78, 5) is 14.0. The van der Waals surface area contributed by atoms with Gasteiger partial charge >= 0.3 is 0 Å². The highest BCUT2D eigenvalue weighted by Crippen LogP contribution is 2.28. The van der Waals surface area contributed by atoms with Crippen LogP contribution < -0.4 is 0 Å². The van der Waals surface area contributed by atoms with Gasteiger partial charge in [-0.3, -0.25) is 0 Å². The molecule has 108 valence electrons. The third-order valence-electron chi connectivity index (χ3n) is 3.15. The zero-order chi connectivity index (χ0) is 15.0. The quantitative estimate of drug-likeness (QED) is 0.582. The van der Waals surface area contributed by atoms with Crippen LogP contribution in [0.5, 0.6) is 0 Å². The van der Waals surface area contributed by atoms with Crippen LogP contribution in [0.1, 0.15) is 0 Å². The summed E-state index contributed by atoms with van der Waals surface area (Å²) in [5, 5.41) is 0. The van der Waals surface area contributed by atoms with Crippen LogP contribution in [0.4, 0.5) is 0 Å². The Morgan fingerprint density at radius 3 is 1.95 bits per heavy atom. The Hall–Kier alpha value is -3.14. The number of aromatic nitrogens is 4. The minimum atomic E-state index is 0.997. The molecule has 0 aliphatic rings. The van der Waals surface area contributed by atoms with E-state index in [9.17, 15) is 0 Å². The second kappa shape index (κ2) is 7.04. The summed E-state index contributed by atoms with van der Waals surface area (Å²) in [5.74, 6) is 0. The predicted octanol–water partition coefficient (Wildman–Crippen LogP) is 4.15. The highest BCUT2D eigenvalue weighted by Gasteiger charge is 2.08. The summed E-state index contributed by atoms with van der Waals surface area (Å²) in [6, 6.07) is 20.5. The minimum Gasteiger partial charge on any atom is -0.351 e. The molecule has 0 radical (unpaired) electrons. The highest BCUT2D eigenvalue weighted by atomic mass is 14.9. The van der Waals surface area contributed by atoms with E-state index in [0.717, 1.165) is 22.5 Å². The van der Waals surface area contributed by atoms with Crippen LogP contribution in [-0.2, 0) is 0 Å². The number of imidazole rings is 2. The molecule has 0 atom stereocenters. The van der Waals surface area contributed by atoms with Crippen LogP contribution in [0, 0.1) is 0 Å². The summed E-state index contributed by atoms with van der Waals surface area (Å²) >= 11 is 0. The summed E-state index contributed by atoms with van der Waals surface area (Å²) in [5.41, 5.74) is 4.35. The van der Waals surface area contributed by atoms with Gasteiger partial charge in [0.2, 0.25) is 0 Å². The van der Waals surface area contributed by atoms with Gasteiger partial charge in [-0.25, -0.2) is 9.97 Å². The molecule has 0 fully saturated rings. The van der Waals surface area contributed by atoms with Crippen LogP contribution in [-0.4, -0.2) is 19.9 Å². The first kappa shape index (κ1) is 13.8. The van der Waals surface area contributed by atoms with E-state index < -0.39 is 0 Å². The van der Waals surface area contributed by atoms with Crippen molar-refractivity contribution in [2.45, 2.75) is 0 Å². The Morgan fingerprint density at radius 1 is 0.727 bits per heavy atom. The van der Waals surface area contributed by atoms with Crippen molar-refractivity contribution in [1.82, 2.24) is 19.9 Å². The Labute approximate surface area is 128 Å². The topological polar surface area (TPSA) is 57.4 Å². The van der Waals surface area contributed by atoms with Gasteiger partial charge in [0.25, 0.3) is 0 Å². The lowest BCUT2D eigenvalue weighted by Gasteiger charge is -2.02. The number of H-pyrrole nitrogens is 2. The number of nitrogens with one attached hydrogen (secondary N) is 2. The molecular formula is C18H16N4. The molecule has 4 nitrogen and oxygen atoms in total. The first-order valence-electron chi connectivity index (χ1n) is 7.02. The molecule has 4 rings (SSSR count). The second-order valence-electron chi connectivity index (χ2n) is 4.62. The van der Waals surface area contributed by atoms with Crippen molar-refractivity contribution in [2.24, 2.45) is 0 Å². The van der Waals surface area contributed by atoms with Gasteiger partial charge in [0, 0.05) is 23.5 Å². The molecule has 2 aromatic carbocycles. The fourth-order valence-corrected chi connectivity index (χ4v) is 2.15. The SMILES string of the molecule is c1c[nH]cn1.c1ccc(-c2nc[nH]c2-c2ccccc2)cc1. The monoisotopic (exact) mass is 288 g/mol. The Morgan fingerprint density at radius 2 is 1.41 bits per heavy atom. The third-order valence-corrected chi connectivity index (χ3v) is 3.15. The van der Waals surface area contributed by atoms with Gasteiger partial charge in [0.1, 0.15) is 0 Å². The number of hydrogen-bond acceptors (Lipinski definition) is 2. The van der Waals surface area contributed by atoms with E-state index in [-0.39, 0.29) is 0 Å². The van der Waals surface area contributed by atoms with Gasteiger partial charge in [-0.2, -0.15) is 0 Å². The van der Waals surface area contributed by atoms with E-state index in [4.69, 9.17) is 0 Å². The molecule has 0 aliphatic carbocycles. The van der Waals surface area contributed by atoms with Crippen LogP contribution in [0.15, 0.2) is 85.7 Å². The van der Waals surface area contributed by atoms with Crippen molar-refractivity contribution >= 4 is 0 Å². The summed E-state index contributed by atoms with van der Waals surface area (Å²) < 4.78 is 0. The van der Waals surface area contributed by atoms with Crippen LogP contribution >= 0.6 is 0 Å². The molecule has 0 spiro atoms. The first-order valence-corrected chi connectivity index (χ1v) is 7.02. The van der Waals surface area contributed by atoms with Crippen LogP contribution in [0.3, 0.4) is 0 Å². The third kappa shape index (κ3) is 3.30. The molecule has 0 aliphatic heterocycles. The fraction of sp³-hybridized carbons (Fsp3) is 0. The van der Waals surface area contributed by atoms with Crippen molar-refractivity contribution in [3.63, 3.8) is 0 Å². The van der Waals surface area contributed by atoms with Gasteiger partial charge in [0.05, 0.1) is 24.0 Å². The largest absolute Gasteiger partial charge is 0.351 e. The zero-order valence-electron chi connectivity index (χ0n) is 12.0. The molecule has 0 bridgehead atoms. The van der Waals surface area contributed by atoms with E-state index >= 15 is 0 Å². The van der Waals surface area contributed by atoms with Crippen molar-refractivity contribution in [1.29, 1.82) is 0 Å². The molecule has 0 amide bonds. The van der Waals surface area contributed by atoms with Gasteiger partial charge in [-0.15, -0.1) is 0 Å². The smallest absolute Gasteiger partial charge is 0.0960 e. The average molecular weight is 288 g/mol. The predicted molar refractivity (Wildman–Crippen MR) is 88.0 cm³/mol.